The van der Waals surface area contributed by atoms with E-state index in [4.69, 9.17) is 4.74 Å². The Hall–Kier alpha value is -2.63. The lowest BCUT2D eigenvalue weighted by Gasteiger charge is -2.18. The molecule has 1 saturated heterocycles. The molecule has 1 amide bonds. The molecule has 1 fully saturated rings. The van der Waals surface area contributed by atoms with E-state index in [0.29, 0.717) is 12.2 Å². The van der Waals surface area contributed by atoms with Gasteiger partial charge in [-0.05, 0) is 55.2 Å². The Morgan fingerprint density at radius 1 is 1.08 bits per heavy atom. The molecule has 6 heteroatoms. The van der Waals surface area contributed by atoms with Crippen molar-refractivity contribution in [3.05, 3.63) is 41.6 Å². The van der Waals surface area contributed by atoms with E-state index in [1.54, 1.807) is 18.1 Å². The molecule has 124 valence electrons. The van der Waals surface area contributed by atoms with Gasteiger partial charge in [0.05, 0.1) is 7.11 Å². The SMILES string of the molecule is COc1ccc2c(c1)CCN2C(=O)c1ccc(N2CCCC2)nn1. The molecule has 6 nitrogen and oxygen atoms in total. The van der Waals surface area contributed by atoms with E-state index in [-0.39, 0.29) is 5.91 Å². The number of nitrogens with zero attached hydrogens (tertiary/aromatic N) is 4. The Morgan fingerprint density at radius 2 is 1.92 bits per heavy atom. The third kappa shape index (κ3) is 2.58. The molecule has 0 radical (unpaired) electrons. The van der Waals surface area contributed by atoms with E-state index in [0.717, 1.165) is 42.3 Å². The van der Waals surface area contributed by atoms with Gasteiger partial charge >= 0.3 is 0 Å². The van der Waals surface area contributed by atoms with Crippen molar-refractivity contribution in [1.82, 2.24) is 10.2 Å². The topological polar surface area (TPSA) is 58.6 Å². The lowest BCUT2D eigenvalue weighted by atomic mass is 10.1. The van der Waals surface area contributed by atoms with Crippen LogP contribution in [0.25, 0.3) is 0 Å². The molecule has 0 spiro atoms. The predicted octanol–water partition coefficient (Wildman–Crippen LogP) is 2.29. The van der Waals surface area contributed by atoms with Crippen LogP contribution in [0.1, 0.15) is 28.9 Å². The molecule has 0 bridgehead atoms. The molecule has 1 aromatic carbocycles. The van der Waals surface area contributed by atoms with Crippen molar-refractivity contribution in [1.29, 1.82) is 0 Å². The Bertz CT molecular complexity index is 754. The molecule has 0 aliphatic carbocycles. The standard InChI is InChI=1S/C18H20N4O2/c1-24-14-4-6-16-13(12-14)8-11-22(16)18(23)15-5-7-17(20-19-15)21-9-2-3-10-21/h4-7,12H,2-3,8-11H2,1H3. The Kier molecular flexibility index (Phi) is 3.80. The molecule has 2 aliphatic heterocycles. The molecule has 0 N–H and O–H groups in total. The van der Waals surface area contributed by atoms with E-state index < -0.39 is 0 Å². The number of aromatic nitrogens is 2. The molecule has 4 rings (SSSR count). The number of hydrogen-bond donors (Lipinski definition) is 0. The van der Waals surface area contributed by atoms with Crippen LogP contribution in [0.2, 0.25) is 0 Å². The van der Waals surface area contributed by atoms with Gasteiger partial charge in [0.25, 0.3) is 5.91 Å². The number of carbonyl (C=O) groups excluding carboxylic acids is 1. The van der Waals surface area contributed by atoms with Crippen LogP contribution < -0.4 is 14.5 Å². The zero-order chi connectivity index (χ0) is 16.5. The van der Waals surface area contributed by atoms with Crippen LogP contribution in [0.15, 0.2) is 30.3 Å². The number of hydrogen-bond acceptors (Lipinski definition) is 5. The maximum atomic E-state index is 12.8. The lowest BCUT2D eigenvalue weighted by molar-refractivity contribution is 0.0983. The highest BCUT2D eigenvalue weighted by atomic mass is 16.5. The quantitative estimate of drug-likeness (QED) is 0.867. The number of rotatable bonds is 3. The van der Waals surface area contributed by atoms with Gasteiger partial charge in [-0.15, -0.1) is 10.2 Å². The molecular weight excluding hydrogens is 304 g/mol. The highest BCUT2D eigenvalue weighted by Crippen LogP contribution is 2.32. The average molecular weight is 324 g/mol. The minimum atomic E-state index is -0.0978. The van der Waals surface area contributed by atoms with Crippen molar-refractivity contribution in [2.75, 3.05) is 36.5 Å². The van der Waals surface area contributed by atoms with Crippen LogP contribution in [0.3, 0.4) is 0 Å². The summed E-state index contributed by atoms with van der Waals surface area (Å²) in [6.45, 7) is 2.70. The number of ether oxygens (including phenoxy) is 1. The Morgan fingerprint density at radius 3 is 2.62 bits per heavy atom. The average Bonchev–Trinajstić information content (AvgIpc) is 3.30. The summed E-state index contributed by atoms with van der Waals surface area (Å²) in [6, 6.07) is 9.49. The zero-order valence-corrected chi connectivity index (χ0v) is 13.7. The predicted molar refractivity (Wildman–Crippen MR) is 91.9 cm³/mol. The Balaban J connectivity index is 1.54. The first-order valence-corrected chi connectivity index (χ1v) is 8.34. The van der Waals surface area contributed by atoms with Crippen LogP contribution in [0, 0.1) is 0 Å². The highest BCUT2D eigenvalue weighted by molar-refractivity contribution is 6.06. The summed E-state index contributed by atoms with van der Waals surface area (Å²) in [7, 11) is 1.65. The number of fused-ring (bicyclic) bond motifs is 1. The van der Waals surface area contributed by atoms with E-state index in [2.05, 4.69) is 15.1 Å². The van der Waals surface area contributed by atoms with Crippen molar-refractivity contribution >= 4 is 17.4 Å². The summed E-state index contributed by atoms with van der Waals surface area (Å²) in [5, 5.41) is 8.41. The molecule has 1 aromatic heterocycles. The zero-order valence-electron chi connectivity index (χ0n) is 13.7. The smallest absolute Gasteiger partial charge is 0.278 e. The van der Waals surface area contributed by atoms with Crippen molar-refractivity contribution in [3.8, 4) is 5.75 Å². The minimum Gasteiger partial charge on any atom is -0.497 e. The molecule has 2 aliphatic rings. The van der Waals surface area contributed by atoms with Crippen LogP contribution in [0.5, 0.6) is 5.75 Å². The molecule has 0 saturated carbocycles. The largest absolute Gasteiger partial charge is 0.497 e. The summed E-state index contributed by atoms with van der Waals surface area (Å²) >= 11 is 0. The summed E-state index contributed by atoms with van der Waals surface area (Å²) in [5.74, 6) is 1.58. The molecule has 2 aromatic rings. The molecule has 24 heavy (non-hydrogen) atoms. The fourth-order valence-electron chi connectivity index (χ4n) is 3.41. The third-order valence-corrected chi connectivity index (χ3v) is 4.73. The highest BCUT2D eigenvalue weighted by Gasteiger charge is 2.27. The van der Waals surface area contributed by atoms with E-state index in [1.165, 1.54) is 12.8 Å². The van der Waals surface area contributed by atoms with E-state index >= 15 is 0 Å². The van der Waals surface area contributed by atoms with Crippen molar-refractivity contribution < 1.29 is 9.53 Å². The van der Waals surface area contributed by atoms with Gasteiger partial charge in [-0.2, -0.15) is 0 Å². The van der Waals surface area contributed by atoms with Gasteiger partial charge in [0.1, 0.15) is 5.75 Å². The summed E-state index contributed by atoms with van der Waals surface area (Å²) in [4.78, 5) is 16.8. The van der Waals surface area contributed by atoms with Crippen molar-refractivity contribution in [2.24, 2.45) is 0 Å². The minimum absolute atomic E-state index is 0.0978. The summed E-state index contributed by atoms with van der Waals surface area (Å²) in [6.07, 6.45) is 3.21. The second kappa shape index (κ2) is 6.11. The van der Waals surface area contributed by atoms with Gasteiger partial charge in [0.15, 0.2) is 11.5 Å². The van der Waals surface area contributed by atoms with Crippen molar-refractivity contribution in [2.45, 2.75) is 19.3 Å². The van der Waals surface area contributed by atoms with E-state index in [9.17, 15) is 4.79 Å². The molecular formula is C18H20N4O2. The maximum Gasteiger partial charge on any atom is 0.278 e. The number of amides is 1. The van der Waals surface area contributed by atoms with Gasteiger partial charge < -0.3 is 14.5 Å². The fraction of sp³-hybridized carbons (Fsp3) is 0.389. The second-order valence-electron chi connectivity index (χ2n) is 6.17. The fourth-order valence-corrected chi connectivity index (χ4v) is 3.41. The Labute approximate surface area is 141 Å². The summed E-state index contributed by atoms with van der Waals surface area (Å²) < 4.78 is 5.25. The van der Waals surface area contributed by atoms with Gasteiger partial charge in [0, 0.05) is 25.3 Å². The van der Waals surface area contributed by atoms with Gasteiger partial charge in [-0.25, -0.2) is 0 Å². The second-order valence-corrected chi connectivity index (χ2v) is 6.17. The van der Waals surface area contributed by atoms with Crippen molar-refractivity contribution in [3.63, 3.8) is 0 Å². The van der Waals surface area contributed by atoms with Crippen LogP contribution in [-0.2, 0) is 6.42 Å². The van der Waals surface area contributed by atoms with E-state index in [1.807, 2.05) is 24.3 Å². The number of benzene rings is 1. The first-order chi connectivity index (χ1) is 11.8. The molecule has 3 heterocycles. The molecule has 0 unspecified atom stereocenters. The monoisotopic (exact) mass is 324 g/mol. The molecule has 0 atom stereocenters. The third-order valence-electron chi connectivity index (χ3n) is 4.73. The first-order valence-electron chi connectivity index (χ1n) is 8.34. The van der Waals surface area contributed by atoms with Crippen LogP contribution in [0.4, 0.5) is 11.5 Å². The van der Waals surface area contributed by atoms with Gasteiger partial charge in [-0.3, -0.25) is 4.79 Å². The number of methoxy groups -OCH3 is 1. The number of anilines is 2. The number of carbonyl (C=O) groups is 1. The van der Waals surface area contributed by atoms with Gasteiger partial charge in [-0.1, -0.05) is 0 Å². The normalized spacial score (nSPS) is 16.4. The maximum absolute atomic E-state index is 12.8. The first kappa shape index (κ1) is 14.9. The lowest BCUT2D eigenvalue weighted by Crippen LogP contribution is -2.30. The van der Waals surface area contributed by atoms with Crippen LogP contribution >= 0.6 is 0 Å². The van der Waals surface area contributed by atoms with Gasteiger partial charge in [0.2, 0.25) is 0 Å². The van der Waals surface area contributed by atoms with Crippen LogP contribution in [-0.4, -0.2) is 42.8 Å². The summed E-state index contributed by atoms with van der Waals surface area (Å²) in [5.41, 5.74) is 2.46.